The summed E-state index contributed by atoms with van der Waals surface area (Å²) in [7, 11) is 0. The SMILES string of the molecule is CCCn1c(C)cc(C(=O)COC(=O)c2cc(SC)ccc2[N+](=O)[O-])c1C. The zero-order valence-electron chi connectivity index (χ0n) is 15.8. The number of nitrogens with zero attached hydrogens (tertiary/aromatic N) is 2. The number of aromatic nitrogens is 1. The molecule has 0 aliphatic heterocycles. The number of nitro benzene ring substituents is 1. The van der Waals surface area contributed by atoms with Crippen LogP contribution in [0.4, 0.5) is 5.69 Å². The maximum atomic E-state index is 12.5. The van der Waals surface area contributed by atoms with Gasteiger partial charge in [-0.1, -0.05) is 6.92 Å². The van der Waals surface area contributed by atoms with Gasteiger partial charge in [0.2, 0.25) is 5.78 Å². The molecular weight excluding hydrogens is 368 g/mol. The molecule has 0 amide bonds. The maximum absolute atomic E-state index is 12.5. The maximum Gasteiger partial charge on any atom is 0.345 e. The van der Waals surface area contributed by atoms with E-state index in [0.717, 1.165) is 24.4 Å². The van der Waals surface area contributed by atoms with Crippen LogP contribution in [-0.2, 0) is 11.3 Å². The zero-order valence-corrected chi connectivity index (χ0v) is 16.6. The standard InChI is InChI=1S/C19H22N2O5S/c1-5-8-20-12(2)9-15(13(20)3)18(22)11-26-19(23)16-10-14(27-4)6-7-17(16)21(24)25/h6-7,9-10H,5,8,11H2,1-4H3. The number of hydrogen-bond acceptors (Lipinski definition) is 6. The highest BCUT2D eigenvalue weighted by Gasteiger charge is 2.24. The average molecular weight is 390 g/mol. The van der Waals surface area contributed by atoms with Gasteiger partial charge in [0.05, 0.1) is 4.92 Å². The first-order valence-electron chi connectivity index (χ1n) is 8.49. The van der Waals surface area contributed by atoms with Crippen LogP contribution in [0, 0.1) is 24.0 Å². The normalized spacial score (nSPS) is 10.7. The van der Waals surface area contributed by atoms with Crippen molar-refractivity contribution in [1.29, 1.82) is 0 Å². The Hall–Kier alpha value is -2.61. The monoisotopic (exact) mass is 390 g/mol. The molecule has 2 rings (SSSR count). The fourth-order valence-electron chi connectivity index (χ4n) is 2.90. The van der Waals surface area contributed by atoms with Crippen LogP contribution in [0.25, 0.3) is 0 Å². The van der Waals surface area contributed by atoms with Crippen LogP contribution in [-0.4, -0.2) is 34.1 Å². The van der Waals surface area contributed by atoms with E-state index in [4.69, 9.17) is 4.74 Å². The van der Waals surface area contributed by atoms with Crippen LogP contribution in [0.1, 0.15) is 45.4 Å². The van der Waals surface area contributed by atoms with Gasteiger partial charge in [-0.3, -0.25) is 14.9 Å². The minimum Gasteiger partial charge on any atom is -0.454 e. The first-order valence-corrected chi connectivity index (χ1v) is 9.72. The van der Waals surface area contributed by atoms with Crippen molar-refractivity contribution in [3.05, 3.63) is 56.9 Å². The number of Topliss-reactive ketones (excluding diaryl/α,β-unsaturated/α-hetero) is 1. The minimum absolute atomic E-state index is 0.156. The number of ketones is 1. The van der Waals surface area contributed by atoms with E-state index >= 15 is 0 Å². The second kappa shape index (κ2) is 8.85. The van der Waals surface area contributed by atoms with Crippen molar-refractivity contribution in [3.8, 4) is 0 Å². The Morgan fingerprint density at radius 1 is 1.22 bits per heavy atom. The molecule has 27 heavy (non-hydrogen) atoms. The van der Waals surface area contributed by atoms with E-state index in [-0.39, 0.29) is 17.0 Å². The highest BCUT2D eigenvalue weighted by atomic mass is 32.2. The lowest BCUT2D eigenvalue weighted by Crippen LogP contribution is -2.16. The van der Waals surface area contributed by atoms with Crippen molar-refractivity contribution >= 4 is 29.2 Å². The van der Waals surface area contributed by atoms with E-state index in [1.165, 1.54) is 23.9 Å². The summed E-state index contributed by atoms with van der Waals surface area (Å²) in [5.74, 6) is -1.21. The minimum atomic E-state index is -0.881. The number of aryl methyl sites for hydroxylation is 1. The fraction of sp³-hybridized carbons (Fsp3) is 0.368. The summed E-state index contributed by atoms with van der Waals surface area (Å²) in [6.45, 7) is 6.17. The van der Waals surface area contributed by atoms with Crippen LogP contribution in [0.3, 0.4) is 0 Å². The highest BCUT2D eigenvalue weighted by Crippen LogP contribution is 2.25. The predicted molar refractivity (Wildman–Crippen MR) is 104 cm³/mol. The summed E-state index contributed by atoms with van der Waals surface area (Å²) in [6.07, 6.45) is 2.74. The van der Waals surface area contributed by atoms with Gasteiger partial charge in [0.1, 0.15) is 5.56 Å². The predicted octanol–water partition coefficient (Wildman–Crippen LogP) is 4.18. The van der Waals surface area contributed by atoms with Gasteiger partial charge in [0.25, 0.3) is 5.69 Å². The van der Waals surface area contributed by atoms with Gasteiger partial charge in [-0.2, -0.15) is 0 Å². The first kappa shape index (κ1) is 20.7. The molecule has 1 heterocycles. The third kappa shape index (κ3) is 4.57. The highest BCUT2D eigenvalue weighted by molar-refractivity contribution is 7.98. The molecule has 0 bridgehead atoms. The third-order valence-electron chi connectivity index (χ3n) is 4.28. The van der Waals surface area contributed by atoms with Crippen molar-refractivity contribution < 1.29 is 19.2 Å². The molecule has 8 heteroatoms. The van der Waals surface area contributed by atoms with E-state index < -0.39 is 17.5 Å². The quantitative estimate of drug-likeness (QED) is 0.221. The Balaban J connectivity index is 2.17. The molecule has 0 atom stereocenters. The molecule has 0 aliphatic carbocycles. The smallest absolute Gasteiger partial charge is 0.345 e. The lowest BCUT2D eigenvalue weighted by molar-refractivity contribution is -0.385. The molecule has 1 aromatic heterocycles. The molecule has 1 aromatic carbocycles. The summed E-state index contributed by atoms with van der Waals surface area (Å²) in [5.41, 5.74) is 1.79. The molecule has 0 unspecified atom stereocenters. The third-order valence-corrected chi connectivity index (χ3v) is 5.00. The van der Waals surface area contributed by atoms with E-state index in [9.17, 15) is 19.7 Å². The Morgan fingerprint density at radius 2 is 1.93 bits per heavy atom. The molecule has 7 nitrogen and oxygen atoms in total. The molecule has 2 aromatic rings. The Kier molecular flexibility index (Phi) is 6.79. The second-order valence-electron chi connectivity index (χ2n) is 6.08. The number of nitro groups is 1. The van der Waals surface area contributed by atoms with Crippen LogP contribution in [0.2, 0.25) is 0 Å². The molecule has 0 N–H and O–H groups in total. The van der Waals surface area contributed by atoms with E-state index in [0.29, 0.717) is 10.5 Å². The van der Waals surface area contributed by atoms with Crippen molar-refractivity contribution in [2.45, 2.75) is 38.6 Å². The number of benzene rings is 1. The molecule has 0 spiro atoms. The molecule has 0 aliphatic rings. The number of carbonyl (C=O) groups is 2. The fourth-order valence-corrected chi connectivity index (χ4v) is 3.34. The Bertz CT molecular complexity index is 888. The van der Waals surface area contributed by atoms with Crippen LogP contribution in [0.5, 0.6) is 0 Å². The van der Waals surface area contributed by atoms with Crippen LogP contribution < -0.4 is 0 Å². The van der Waals surface area contributed by atoms with Gasteiger partial charge in [-0.05, 0) is 44.7 Å². The van der Waals surface area contributed by atoms with Gasteiger partial charge in [-0.25, -0.2) is 4.79 Å². The van der Waals surface area contributed by atoms with Crippen LogP contribution in [0.15, 0.2) is 29.2 Å². The van der Waals surface area contributed by atoms with Gasteiger partial charge in [0, 0.05) is 34.5 Å². The largest absolute Gasteiger partial charge is 0.454 e. The number of ether oxygens (including phenoxy) is 1. The van der Waals surface area contributed by atoms with E-state index in [1.807, 2.05) is 18.4 Å². The van der Waals surface area contributed by atoms with Crippen molar-refractivity contribution in [3.63, 3.8) is 0 Å². The summed E-state index contributed by atoms with van der Waals surface area (Å²) in [6, 6.07) is 6.01. The second-order valence-corrected chi connectivity index (χ2v) is 6.96. The summed E-state index contributed by atoms with van der Waals surface area (Å²) in [4.78, 5) is 36.0. The van der Waals surface area contributed by atoms with Crippen molar-refractivity contribution in [2.75, 3.05) is 12.9 Å². The van der Waals surface area contributed by atoms with Gasteiger partial charge in [0.15, 0.2) is 6.61 Å². The zero-order chi connectivity index (χ0) is 20.1. The number of rotatable bonds is 8. The average Bonchev–Trinajstić information content (AvgIpc) is 2.93. The first-order chi connectivity index (χ1) is 12.8. The number of hydrogen-bond donors (Lipinski definition) is 0. The summed E-state index contributed by atoms with van der Waals surface area (Å²) < 4.78 is 7.13. The topological polar surface area (TPSA) is 91.4 Å². The van der Waals surface area contributed by atoms with Gasteiger partial charge in [-0.15, -0.1) is 11.8 Å². The molecule has 0 radical (unpaired) electrons. The summed E-state index contributed by atoms with van der Waals surface area (Å²) in [5, 5.41) is 11.2. The van der Waals surface area contributed by atoms with Gasteiger partial charge >= 0.3 is 5.97 Å². The van der Waals surface area contributed by atoms with E-state index in [1.54, 1.807) is 18.4 Å². The van der Waals surface area contributed by atoms with Crippen molar-refractivity contribution in [1.82, 2.24) is 4.57 Å². The van der Waals surface area contributed by atoms with Gasteiger partial charge < -0.3 is 9.30 Å². The summed E-state index contributed by atoms with van der Waals surface area (Å²) >= 11 is 1.35. The Labute approximate surface area is 161 Å². The lowest BCUT2D eigenvalue weighted by Gasteiger charge is -2.08. The number of thioether (sulfide) groups is 1. The molecule has 0 fully saturated rings. The molecule has 0 saturated carbocycles. The number of esters is 1. The molecule has 144 valence electrons. The van der Waals surface area contributed by atoms with E-state index in [2.05, 4.69) is 6.92 Å². The molecular formula is C19H22N2O5S. The molecule has 0 saturated heterocycles. The number of carbonyl (C=O) groups excluding carboxylic acids is 2. The Morgan fingerprint density at radius 3 is 2.52 bits per heavy atom. The van der Waals surface area contributed by atoms with Crippen LogP contribution >= 0.6 is 11.8 Å². The lowest BCUT2D eigenvalue weighted by atomic mass is 10.1. The van der Waals surface area contributed by atoms with Crippen molar-refractivity contribution in [2.24, 2.45) is 0 Å².